The molecule has 3 aromatic rings. The molecule has 28 heavy (non-hydrogen) atoms. The lowest BCUT2D eigenvalue weighted by Gasteiger charge is -2.18. The molecule has 0 saturated heterocycles. The van der Waals surface area contributed by atoms with E-state index in [1.807, 2.05) is 55.0 Å². The van der Waals surface area contributed by atoms with Crippen molar-refractivity contribution < 1.29 is 9.53 Å². The molecule has 1 amide bonds. The molecule has 0 bridgehead atoms. The van der Waals surface area contributed by atoms with Gasteiger partial charge in [-0.05, 0) is 36.1 Å². The van der Waals surface area contributed by atoms with Crippen molar-refractivity contribution in [3.8, 4) is 5.75 Å². The van der Waals surface area contributed by atoms with E-state index in [1.54, 1.807) is 7.11 Å². The number of ether oxygens (including phenoxy) is 1. The van der Waals surface area contributed by atoms with Crippen LogP contribution in [0.2, 0.25) is 0 Å². The molecule has 1 heterocycles. The van der Waals surface area contributed by atoms with Gasteiger partial charge < -0.3 is 14.6 Å². The van der Waals surface area contributed by atoms with Crippen molar-refractivity contribution in [1.82, 2.24) is 14.9 Å². The highest BCUT2D eigenvalue weighted by molar-refractivity contribution is 5.77. The number of benzene rings is 2. The Morgan fingerprint density at radius 3 is 2.54 bits per heavy atom. The second kappa shape index (κ2) is 8.30. The minimum Gasteiger partial charge on any atom is -0.497 e. The number of amides is 1. The third kappa shape index (κ3) is 4.25. The zero-order valence-electron chi connectivity index (χ0n) is 16.0. The van der Waals surface area contributed by atoms with Gasteiger partial charge in [-0.1, -0.05) is 42.5 Å². The number of carbonyl (C=O) groups is 1. The van der Waals surface area contributed by atoms with Crippen LogP contribution in [0.25, 0.3) is 0 Å². The average molecular weight is 375 g/mol. The summed E-state index contributed by atoms with van der Waals surface area (Å²) in [6, 6.07) is 18.7. The molecule has 1 unspecified atom stereocenters. The second-order valence-electron chi connectivity index (χ2n) is 7.24. The van der Waals surface area contributed by atoms with Crippen molar-refractivity contribution >= 4 is 5.91 Å². The number of nitrogens with zero attached hydrogens (tertiary/aromatic N) is 2. The number of carbonyl (C=O) groups excluding carboxylic acids is 1. The molecule has 5 nitrogen and oxygen atoms in total. The summed E-state index contributed by atoms with van der Waals surface area (Å²) < 4.78 is 7.44. The maximum atomic E-state index is 12.7. The Morgan fingerprint density at radius 2 is 1.86 bits per heavy atom. The summed E-state index contributed by atoms with van der Waals surface area (Å²) in [5.74, 6) is 0.849. The minimum absolute atomic E-state index is 0.000416. The van der Waals surface area contributed by atoms with Crippen LogP contribution in [0.3, 0.4) is 0 Å². The van der Waals surface area contributed by atoms with E-state index in [9.17, 15) is 4.79 Å². The van der Waals surface area contributed by atoms with Crippen molar-refractivity contribution in [3.05, 3.63) is 83.9 Å². The van der Waals surface area contributed by atoms with E-state index in [0.717, 1.165) is 22.6 Å². The SMILES string of the molecule is COc1ccc(C(CC(=O)NCc2cncn2C2CC2)c2ccccc2)cc1. The molecule has 1 saturated carbocycles. The van der Waals surface area contributed by atoms with Crippen LogP contribution in [0.15, 0.2) is 67.1 Å². The molecule has 1 fully saturated rings. The molecule has 4 rings (SSSR count). The maximum Gasteiger partial charge on any atom is 0.221 e. The van der Waals surface area contributed by atoms with Crippen LogP contribution in [-0.4, -0.2) is 22.6 Å². The van der Waals surface area contributed by atoms with Crippen molar-refractivity contribution in [2.45, 2.75) is 37.8 Å². The average Bonchev–Trinajstić information content (AvgIpc) is 3.49. The molecule has 1 aromatic heterocycles. The molecular weight excluding hydrogens is 350 g/mol. The number of hydrogen-bond donors (Lipinski definition) is 1. The van der Waals surface area contributed by atoms with Gasteiger partial charge >= 0.3 is 0 Å². The second-order valence-corrected chi connectivity index (χ2v) is 7.24. The van der Waals surface area contributed by atoms with Crippen LogP contribution < -0.4 is 10.1 Å². The Morgan fingerprint density at radius 1 is 1.14 bits per heavy atom. The van der Waals surface area contributed by atoms with Gasteiger partial charge in [0.05, 0.1) is 25.7 Å². The number of imidazole rings is 1. The smallest absolute Gasteiger partial charge is 0.221 e. The number of nitrogens with one attached hydrogen (secondary N) is 1. The monoisotopic (exact) mass is 375 g/mol. The molecular formula is C23H25N3O2. The molecule has 1 aliphatic rings. The summed E-state index contributed by atoms with van der Waals surface area (Å²) in [6.45, 7) is 0.513. The number of aromatic nitrogens is 2. The zero-order chi connectivity index (χ0) is 19.3. The third-order valence-electron chi connectivity index (χ3n) is 5.26. The zero-order valence-corrected chi connectivity index (χ0v) is 16.0. The van der Waals surface area contributed by atoms with Crippen LogP contribution in [-0.2, 0) is 11.3 Å². The quantitative estimate of drug-likeness (QED) is 0.646. The van der Waals surface area contributed by atoms with E-state index in [4.69, 9.17) is 4.74 Å². The molecule has 1 atom stereocenters. The normalized spacial score (nSPS) is 14.5. The van der Waals surface area contributed by atoms with E-state index < -0.39 is 0 Å². The summed E-state index contributed by atoms with van der Waals surface area (Å²) in [5.41, 5.74) is 3.30. The lowest BCUT2D eigenvalue weighted by Crippen LogP contribution is -2.26. The summed E-state index contributed by atoms with van der Waals surface area (Å²) >= 11 is 0. The fourth-order valence-corrected chi connectivity index (χ4v) is 3.55. The van der Waals surface area contributed by atoms with E-state index in [0.29, 0.717) is 19.0 Å². The first kappa shape index (κ1) is 18.3. The predicted molar refractivity (Wildman–Crippen MR) is 108 cm³/mol. The van der Waals surface area contributed by atoms with Crippen LogP contribution in [0.4, 0.5) is 0 Å². The Hall–Kier alpha value is -3.08. The van der Waals surface area contributed by atoms with Gasteiger partial charge in [0.15, 0.2) is 0 Å². The molecule has 0 aliphatic heterocycles. The number of methoxy groups -OCH3 is 1. The fraction of sp³-hybridized carbons (Fsp3) is 0.304. The van der Waals surface area contributed by atoms with Crippen molar-refractivity contribution in [3.63, 3.8) is 0 Å². The van der Waals surface area contributed by atoms with E-state index in [2.05, 4.69) is 27.0 Å². The molecule has 5 heteroatoms. The summed E-state index contributed by atoms with van der Waals surface area (Å²) in [7, 11) is 1.66. The van der Waals surface area contributed by atoms with Gasteiger partial charge in [0.1, 0.15) is 5.75 Å². The highest BCUT2D eigenvalue weighted by Gasteiger charge is 2.25. The van der Waals surface area contributed by atoms with Crippen molar-refractivity contribution in [2.24, 2.45) is 0 Å². The Bertz CT molecular complexity index is 915. The predicted octanol–water partition coefficient (Wildman–Crippen LogP) is 4.07. The number of rotatable bonds is 8. The Balaban J connectivity index is 1.46. The van der Waals surface area contributed by atoms with E-state index >= 15 is 0 Å². The summed E-state index contributed by atoms with van der Waals surface area (Å²) in [4.78, 5) is 17.0. The lowest BCUT2D eigenvalue weighted by atomic mass is 9.88. The molecule has 144 valence electrons. The first-order valence-electron chi connectivity index (χ1n) is 9.71. The maximum absolute atomic E-state index is 12.7. The van der Waals surface area contributed by atoms with Crippen molar-refractivity contribution in [1.29, 1.82) is 0 Å². The van der Waals surface area contributed by atoms with Gasteiger partial charge in [-0.15, -0.1) is 0 Å². The first-order valence-corrected chi connectivity index (χ1v) is 9.71. The van der Waals surface area contributed by atoms with Crippen molar-refractivity contribution in [2.75, 3.05) is 7.11 Å². The summed E-state index contributed by atoms with van der Waals surface area (Å²) in [5, 5.41) is 3.08. The highest BCUT2D eigenvalue weighted by Crippen LogP contribution is 2.35. The Kier molecular flexibility index (Phi) is 5.42. The van der Waals surface area contributed by atoms with E-state index in [1.165, 1.54) is 12.8 Å². The first-order chi connectivity index (χ1) is 13.7. The van der Waals surface area contributed by atoms with E-state index in [-0.39, 0.29) is 11.8 Å². The van der Waals surface area contributed by atoms with Gasteiger partial charge in [0.2, 0.25) is 5.91 Å². The van der Waals surface area contributed by atoms with Gasteiger partial charge in [-0.2, -0.15) is 0 Å². The topological polar surface area (TPSA) is 56.1 Å². The molecule has 0 spiro atoms. The molecule has 1 N–H and O–H groups in total. The molecule has 1 aliphatic carbocycles. The highest BCUT2D eigenvalue weighted by atomic mass is 16.5. The minimum atomic E-state index is 0.000416. The van der Waals surface area contributed by atoms with Gasteiger partial charge in [0.25, 0.3) is 0 Å². The Labute approximate surface area is 165 Å². The fourth-order valence-electron chi connectivity index (χ4n) is 3.55. The summed E-state index contributed by atoms with van der Waals surface area (Å²) in [6.07, 6.45) is 6.50. The third-order valence-corrected chi connectivity index (χ3v) is 5.26. The van der Waals surface area contributed by atoms with Crippen LogP contribution in [0.5, 0.6) is 5.75 Å². The molecule has 0 radical (unpaired) electrons. The largest absolute Gasteiger partial charge is 0.497 e. The molecule has 2 aromatic carbocycles. The van der Waals surface area contributed by atoms with Crippen LogP contribution in [0.1, 0.15) is 48.0 Å². The van der Waals surface area contributed by atoms with Gasteiger partial charge in [0, 0.05) is 24.6 Å². The van der Waals surface area contributed by atoms with Crippen LogP contribution in [0, 0.1) is 0 Å². The van der Waals surface area contributed by atoms with Gasteiger partial charge in [-0.25, -0.2) is 4.98 Å². The van der Waals surface area contributed by atoms with Crippen LogP contribution >= 0.6 is 0 Å². The lowest BCUT2D eigenvalue weighted by molar-refractivity contribution is -0.121. The standard InChI is InChI=1S/C23H25N3O2/c1-28-21-11-7-18(8-12-21)22(17-5-3-2-4-6-17)13-23(27)25-15-20-14-24-16-26(20)19-9-10-19/h2-8,11-12,14,16,19,22H,9-10,13,15H2,1H3,(H,25,27). The van der Waals surface area contributed by atoms with Gasteiger partial charge in [-0.3, -0.25) is 4.79 Å². The number of hydrogen-bond acceptors (Lipinski definition) is 3.